The Morgan fingerprint density at radius 2 is 1.12 bits per heavy atom. The fourth-order valence-corrected chi connectivity index (χ4v) is 0. The Hall–Kier alpha value is 1.03. The van der Waals surface area contributed by atoms with E-state index < -0.39 is 7.82 Å². The standard InChI is InChI=1S/H3N.Na.H3O4P.H2O/c;;1-5(2,3)4;/h1H3;;(H3,1,2,3,4);1H2. The Morgan fingerprint density at radius 3 is 1.12 bits per heavy atom. The van der Waals surface area contributed by atoms with Gasteiger partial charge >= 0.3 is 7.82 Å². The van der Waals surface area contributed by atoms with Crippen LogP contribution in [0, 0.1) is 0 Å². The van der Waals surface area contributed by atoms with E-state index in [1.165, 1.54) is 0 Å². The van der Waals surface area contributed by atoms with Crippen molar-refractivity contribution in [2.45, 2.75) is 0 Å². The average molecular weight is 156 g/mol. The molecule has 0 aliphatic heterocycles. The van der Waals surface area contributed by atoms with E-state index in [4.69, 9.17) is 19.2 Å². The van der Waals surface area contributed by atoms with Crippen molar-refractivity contribution in [2.24, 2.45) is 0 Å². The molecule has 0 aromatic carbocycles. The minimum Gasteiger partial charge on any atom is -0.412 e. The maximum atomic E-state index is 8.88. The normalized spacial score (nSPS) is 7.38. The molecule has 0 amide bonds. The second-order valence-electron chi connectivity index (χ2n) is 0.513. The van der Waals surface area contributed by atoms with Gasteiger partial charge in [-0.05, 0) is 0 Å². The number of hydrogen-bond donors (Lipinski definition) is 4. The van der Waals surface area contributed by atoms with Gasteiger partial charge in [-0.25, -0.2) is 4.57 Å². The van der Waals surface area contributed by atoms with Crippen molar-refractivity contribution in [1.29, 1.82) is 0 Å². The molecule has 0 saturated heterocycles. The minimum absolute atomic E-state index is 0. The largest absolute Gasteiger partial charge is 0.466 e. The van der Waals surface area contributed by atoms with Crippen LogP contribution >= 0.6 is 7.82 Å². The van der Waals surface area contributed by atoms with Crippen molar-refractivity contribution in [1.82, 2.24) is 6.15 Å². The van der Waals surface area contributed by atoms with E-state index in [-0.39, 0.29) is 41.2 Å². The molecule has 6 nitrogen and oxygen atoms in total. The summed E-state index contributed by atoms with van der Waals surface area (Å²) in [4.78, 5) is 21.6. The first-order chi connectivity index (χ1) is 2.00. The zero-order valence-electron chi connectivity index (χ0n) is 4.40. The first-order valence-corrected chi connectivity index (χ1v) is 2.35. The molecule has 0 spiro atoms. The molecule has 0 fully saturated rings. The molecule has 8 heavy (non-hydrogen) atoms. The van der Waals surface area contributed by atoms with Gasteiger partial charge in [-0.1, -0.05) is 0 Å². The van der Waals surface area contributed by atoms with Gasteiger partial charge in [-0.2, -0.15) is 0 Å². The maximum Gasteiger partial charge on any atom is 0.466 e. The van der Waals surface area contributed by atoms with E-state index in [9.17, 15) is 0 Å². The summed E-state index contributed by atoms with van der Waals surface area (Å²) >= 11 is 0. The van der Waals surface area contributed by atoms with E-state index >= 15 is 0 Å². The van der Waals surface area contributed by atoms with E-state index in [0.29, 0.717) is 0 Å². The average Bonchev–Trinajstić information content (AvgIpc) is 0.722. The SMILES string of the molecule is N.O.O=P(O)(O)O.[Na]. The Morgan fingerprint density at radius 1 is 1.12 bits per heavy atom. The van der Waals surface area contributed by atoms with Crippen molar-refractivity contribution < 1.29 is 24.7 Å². The molecule has 0 aliphatic carbocycles. The number of hydrogen-bond acceptors (Lipinski definition) is 2. The molecule has 8 N–H and O–H groups in total. The van der Waals surface area contributed by atoms with Crippen LogP contribution in [0.25, 0.3) is 0 Å². The summed E-state index contributed by atoms with van der Waals surface area (Å²) in [5, 5.41) is 0. The molecule has 0 aliphatic rings. The van der Waals surface area contributed by atoms with Gasteiger partial charge in [0.15, 0.2) is 0 Å². The summed E-state index contributed by atoms with van der Waals surface area (Å²) in [6.45, 7) is 0. The van der Waals surface area contributed by atoms with Crippen LogP contribution in [0.1, 0.15) is 0 Å². The molecule has 0 atom stereocenters. The van der Waals surface area contributed by atoms with Crippen LogP contribution in [0.15, 0.2) is 0 Å². The van der Waals surface area contributed by atoms with Crippen molar-refractivity contribution >= 4 is 37.4 Å². The predicted octanol–water partition coefficient (Wildman–Crippen LogP) is -1.97. The monoisotopic (exact) mass is 156 g/mol. The second kappa shape index (κ2) is 8.03. The van der Waals surface area contributed by atoms with E-state index in [0.717, 1.165) is 0 Å². The Balaban J connectivity index is -0.0000000267. The Kier molecular flexibility index (Phi) is 23.1. The summed E-state index contributed by atoms with van der Waals surface area (Å²) in [5.74, 6) is 0. The van der Waals surface area contributed by atoms with E-state index in [2.05, 4.69) is 0 Å². The Bertz CT molecular complexity index is 58.6. The van der Waals surface area contributed by atoms with Crippen molar-refractivity contribution in [3.8, 4) is 0 Å². The van der Waals surface area contributed by atoms with Crippen LogP contribution in [-0.4, -0.2) is 49.7 Å². The third kappa shape index (κ3) is 241. The summed E-state index contributed by atoms with van der Waals surface area (Å²) in [6, 6.07) is 0. The van der Waals surface area contributed by atoms with Crippen LogP contribution in [0.3, 0.4) is 0 Å². The molecule has 49 valence electrons. The quantitative estimate of drug-likeness (QED) is 0.237. The minimum atomic E-state index is -4.64. The molecule has 0 saturated carbocycles. The van der Waals surface area contributed by atoms with Crippen LogP contribution in [-0.2, 0) is 4.57 Å². The zero-order chi connectivity index (χ0) is 4.50. The first-order valence-electron chi connectivity index (χ1n) is 0.783. The topological polar surface area (TPSA) is 144 Å². The van der Waals surface area contributed by atoms with Crippen molar-refractivity contribution in [2.75, 3.05) is 0 Å². The third-order valence-corrected chi connectivity index (χ3v) is 0. The van der Waals surface area contributed by atoms with Gasteiger partial charge in [0.1, 0.15) is 0 Å². The molecule has 0 rings (SSSR count). The van der Waals surface area contributed by atoms with E-state index in [1.54, 1.807) is 0 Å². The van der Waals surface area contributed by atoms with Crippen molar-refractivity contribution in [3.05, 3.63) is 0 Å². The number of rotatable bonds is 0. The van der Waals surface area contributed by atoms with Crippen molar-refractivity contribution in [3.63, 3.8) is 0 Å². The summed E-state index contributed by atoms with van der Waals surface area (Å²) in [7, 11) is -4.64. The smallest absolute Gasteiger partial charge is 0.412 e. The molecule has 8 heteroatoms. The maximum absolute atomic E-state index is 8.88. The summed E-state index contributed by atoms with van der Waals surface area (Å²) in [5.41, 5.74) is 0. The van der Waals surface area contributed by atoms with E-state index in [1.807, 2.05) is 0 Å². The van der Waals surface area contributed by atoms with Gasteiger partial charge in [-0.3, -0.25) is 0 Å². The van der Waals surface area contributed by atoms with Crippen LogP contribution < -0.4 is 6.15 Å². The molecule has 0 aromatic heterocycles. The molecule has 1 radical (unpaired) electrons. The van der Waals surface area contributed by atoms with Gasteiger partial charge in [0.2, 0.25) is 0 Å². The molecule has 0 unspecified atom stereocenters. The zero-order valence-corrected chi connectivity index (χ0v) is 7.30. The fourth-order valence-electron chi connectivity index (χ4n) is 0. The first kappa shape index (κ1) is 23.0. The molecule has 0 aromatic rings. The van der Waals surface area contributed by atoms with Crippen LogP contribution in [0.4, 0.5) is 0 Å². The van der Waals surface area contributed by atoms with Gasteiger partial charge < -0.3 is 26.3 Å². The summed E-state index contributed by atoms with van der Waals surface area (Å²) in [6.07, 6.45) is 0. The molecule has 0 bridgehead atoms. The predicted molar refractivity (Wildman–Crippen MR) is 28.7 cm³/mol. The van der Waals surface area contributed by atoms with Crippen LogP contribution in [0.5, 0.6) is 0 Å². The Labute approximate surface area is 68.3 Å². The second-order valence-corrected chi connectivity index (χ2v) is 1.54. The molecule has 0 heterocycles. The van der Waals surface area contributed by atoms with Gasteiger partial charge in [-0.15, -0.1) is 0 Å². The fraction of sp³-hybridized carbons (Fsp3) is 0. The van der Waals surface area contributed by atoms with Crippen LogP contribution in [0.2, 0.25) is 0 Å². The van der Waals surface area contributed by atoms with Gasteiger partial charge in [0, 0.05) is 29.6 Å². The van der Waals surface area contributed by atoms with Gasteiger partial charge in [0.05, 0.1) is 0 Å². The third-order valence-electron chi connectivity index (χ3n) is 0. The number of phosphoric acid groups is 1. The summed E-state index contributed by atoms with van der Waals surface area (Å²) < 4.78 is 8.88. The molecular formula is H8NNaO5P. The van der Waals surface area contributed by atoms with Gasteiger partial charge in [0.25, 0.3) is 0 Å². The molecular weight excluding hydrogens is 148 g/mol.